The highest BCUT2D eigenvalue weighted by Gasteiger charge is 2.13. The second-order valence-electron chi connectivity index (χ2n) is 8.30. The number of para-hydroxylation sites is 1. The Bertz CT molecular complexity index is 1240. The molecule has 9 heteroatoms. The lowest BCUT2D eigenvalue weighted by atomic mass is 10.1. The molecule has 0 aromatic heterocycles. The van der Waals surface area contributed by atoms with E-state index < -0.39 is 18.2 Å². The van der Waals surface area contributed by atoms with Gasteiger partial charge in [0, 0.05) is 12.1 Å². The van der Waals surface area contributed by atoms with E-state index in [0.717, 1.165) is 11.1 Å². The number of nitrogens with one attached hydrogen (secondary N) is 3. The Hall–Kier alpha value is -4.37. The molecule has 194 valence electrons. The maximum Gasteiger partial charge on any atom is 0.337 e. The highest BCUT2D eigenvalue weighted by molar-refractivity contribution is 6.01. The van der Waals surface area contributed by atoms with Crippen molar-refractivity contribution in [3.8, 4) is 11.5 Å². The van der Waals surface area contributed by atoms with Crippen LogP contribution < -0.4 is 25.4 Å². The van der Waals surface area contributed by atoms with Gasteiger partial charge in [-0.2, -0.15) is 0 Å². The first-order chi connectivity index (χ1) is 17.8. The Kier molecular flexibility index (Phi) is 9.62. The molecule has 2 amide bonds. The van der Waals surface area contributed by atoms with Crippen molar-refractivity contribution >= 4 is 29.2 Å². The number of hydrogen-bond acceptors (Lipinski definition) is 7. The number of carbonyl (C=O) groups excluding carboxylic acids is 3. The summed E-state index contributed by atoms with van der Waals surface area (Å²) in [4.78, 5) is 36.5. The van der Waals surface area contributed by atoms with Gasteiger partial charge in [0.1, 0.15) is 17.7 Å². The van der Waals surface area contributed by atoms with E-state index in [1.54, 1.807) is 49.4 Å². The summed E-state index contributed by atoms with van der Waals surface area (Å²) in [6.07, 6.45) is -0.250. The van der Waals surface area contributed by atoms with Crippen molar-refractivity contribution in [1.29, 1.82) is 0 Å². The molecule has 3 N–H and O–H groups in total. The first-order valence-corrected chi connectivity index (χ1v) is 11.7. The molecule has 1 unspecified atom stereocenters. The van der Waals surface area contributed by atoms with Gasteiger partial charge in [-0.15, -0.1) is 0 Å². The zero-order valence-corrected chi connectivity index (χ0v) is 21.3. The molecule has 0 saturated carbocycles. The maximum atomic E-state index is 12.5. The van der Waals surface area contributed by atoms with Gasteiger partial charge >= 0.3 is 12.0 Å². The molecule has 3 aromatic rings. The van der Waals surface area contributed by atoms with E-state index in [4.69, 9.17) is 9.47 Å². The summed E-state index contributed by atoms with van der Waals surface area (Å²) in [5.74, 6) is 0.538. The standard InChI is InChI=1S/C28H31N3O6/c1-18-7-5-6-8-24(18)30-28(34)31-25-14-9-20(16-26(25)35-3)15-22(32)17-29-19(2)37-23-12-10-21(11-13-23)27(33)36-4/h5-14,16,19,29H,15,17H2,1-4H3,(H2,30,31,34). The van der Waals surface area contributed by atoms with E-state index in [1.165, 1.54) is 14.2 Å². The maximum absolute atomic E-state index is 12.5. The molecule has 0 heterocycles. The van der Waals surface area contributed by atoms with Crippen LogP contribution in [0, 0.1) is 6.92 Å². The van der Waals surface area contributed by atoms with E-state index in [2.05, 4.69) is 20.7 Å². The largest absolute Gasteiger partial charge is 0.495 e. The molecule has 0 radical (unpaired) electrons. The number of Topliss-reactive ketones (excluding diaryl/α,β-unsaturated/α-hetero) is 1. The van der Waals surface area contributed by atoms with Gasteiger partial charge in [-0.1, -0.05) is 24.3 Å². The molecule has 0 fully saturated rings. The van der Waals surface area contributed by atoms with Crippen LogP contribution in [0.4, 0.5) is 16.2 Å². The van der Waals surface area contributed by atoms with Crippen molar-refractivity contribution in [1.82, 2.24) is 5.32 Å². The molecular weight excluding hydrogens is 474 g/mol. The van der Waals surface area contributed by atoms with E-state index in [-0.39, 0.29) is 18.7 Å². The van der Waals surface area contributed by atoms with E-state index >= 15 is 0 Å². The number of amides is 2. The Morgan fingerprint density at radius 2 is 1.59 bits per heavy atom. The minimum Gasteiger partial charge on any atom is -0.495 e. The van der Waals surface area contributed by atoms with Crippen LogP contribution in [-0.2, 0) is 16.0 Å². The average Bonchev–Trinajstić information content (AvgIpc) is 2.89. The molecular formula is C28H31N3O6. The van der Waals surface area contributed by atoms with Crippen molar-refractivity contribution in [2.75, 3.05) is 31.4 Å². The summed E-state index contributed by atoms with van der Waals surface area (Å²) in [6, 6.07) is 18.8. The van der Waals surface area contributed by atoms with Crippen LogP contribution in [0.15, 0.2) is 66.7 Å². The Balaban J connectivity index is 1.50. The van der Waals surface area contributed by atoms with Crippen LogP contribution in [0.5, 0.6) is 11.5 Å². The first-order valence-electron chi connectivity index (χ1n) is 11.7. The number of rotatable bonds is 11. The summed E-state index contributed by atoms with van der Waals surface area (Å²) in [5.41, 5.74) is 3.33. The Labute approximate surface area is 216 Å². The fraction of sp³-hybridized carbons (Fsp3) is 0.250. The van der Waals surface area contributed by atoms with Gasteiger partial charge in [-0.05, 0) is 67.4 Å². The van der Waals surface area contributed by atoms with Crippen LogP contribution in [0.1, 0.15) is 28.4 Å². The lowest BCUT2D eigenvalue weighted by molar-refractivity contribution is -0.118. The van der Waals surface area contributed by atoms with Crippen LogP contribution >= 0.6 is 0 Å². The van der Waals surface area contributed by atoms with Crippen molar-refractivity contribution in [2.45, 2.75) is 26.5 Å². The molecule has 0 aliphatic heterocycles. The van der Waals surface area contributed by atoms with Crippen molar-refractivity contribution in [3.63, 3.8) is 0 Å². The van der Waals surface area contributed by atoms with Crippen molar-refractivity contribution in [2.24, 2.45) is 0 Å². The molecule has 0 aliphatic rings. The summed E-state index contributed by atoms with van der Waals surface area (Å²) in [6.45, 7) is 3.79. The predicted octanol–water partition coefficient (Wildman–Crippen LogP) is 4.56. The summed E-state index contributed by atoms with van der Waals surface area (Å²) >= 11 is 0. The lowest BCUT2D eigenvalue weighted by Gasteiger charge is -2.16. The number of methoxy groups -OCH3 is 2. The van der Waals surface area contributed by atoms with Gasteiger partial charge < -0.3 is 24.8 Å². The van der Waals surface area contributed by atoms with E-state index in [0.29, 0.717) is 28.4 Å². The number of urea groups is 1. The number of aryl methyl sites for hydroxylation is 1. The number of carbonyl (C=O) groups is 3. The van der Waals surface area contributed by atoms with Crippen molar-refractivity contribution in [3.05, 3.63) is 83.4 Å². The average molecular weight is 506 g/mol. The predicted molar refractivity (Wildman–Crippen MR) is 141 cm³/mol. The number of hydrogen-bond donors (Lipinski definition) is 3. The fourth-order valence-corrected chi connectivity index (χ4v) is 3.52. The van der Waals surface area contributed by atoms with Gasteiger partial charge in [0.2, 0.25) is 0 Å². The number of ether oxygens (including phenoxy) is 3. The topological polar surface area (TPSA) is 115 Å². The third kappa shape index (κ3) is 8.08. The highest BCUT2D eigenvalue weighted by atomic mass is 16.5. The highest BCUT2D eigenvalue weighted by Crippen LogP contribution is 2.26. The zero-order chi connectivity index (χ0) is 26.8. The van der Waals surface area contributed by atoms with Gasteiger partial charge in [0.15, 0.2) is 5.78 Å². The summed E-state index contributed by atoms with van der Waals surface area (Å²) in [5, 5.41) is 8.62. The lowest BCUT2D eigenvalue weighted by Crippen LogP contribution is -2.36. The zero-order valence-electron chi connectivity index (χ0n) is 21.3. The second-order valence-corrected chi connectivity index (χ2v) is 8.30. The number of ketones is 1. The smallest absolute Gasteiger partial charge is 0.337 e. The van der Waals surface area contributed by atoms with Crippen LogP contribution in [0.2, 0.25) is 0 Å². The minimum atomic E-state index is -0.430. The molecule has 3 aromatic carbocycles. The molecule has 0 bridgehead atoms. The number of anilines is 2. The van der Waals surface area contributed by atoms with Gasteiger partial charge in [0.25, 0.3) is 0 Å². The van der Waals surface area contributed by atoms with Crippen LogP contribution in [0.3, 0.4) is 0 Å². The number of benzene rings is 3. The molecule has 0 aliphatic carbocycles. The Morgan fingerprint density at radius 3 is 2.27 bits per heavy atom. The molecule has 0 spiro atoms. The van der Waals surface area contributed by atoms with E-state index in [1.807, 2.05) is 31.2 Å². The normalized spacial score (nSPS) is 11.2. The number of esters is 1. The fourth-order valence-electron chi connectivity index (χ4n) is 3.52. The Morgan fingerprint density at radius 1 is 0.892 bits per heavy atom. The van der Waals surface area contributed by atoms with Crippen LogP contribution in [0.25, 0.3) is 0 Å². The first kappa shape index (κ1) is 27.2. The second kappa shape index (κ2) is 13.1. The van der Waals surface area contributed by atoms with Gasteiger partial charge in [0.05, 0.1) is 32.0 Å². The molecule has 37 heavy (non-hydrogen) atoms. The third-order valence-electron chi connectivity index (χ3n) is 5.48. The monoisotopic (exact) mass is 505 g/mol. The quantitative estimate of drug-likeness (QED) is 0.258. The van der Waals surface area contributed by atoms with Gasteiger partial charge in [-0.25, -0.2) is 9.59 Å². The third-order valence-corrected chi connectivity index (χ3v) is 5.48. The molecule has 0 saturated heterocycles. The SMILES string of the molecule is COC(=O)c1ccc(OC(C)NCC(=O)Cc2ccc(NC(=O)Nc3ccccc3C)c(OC)c2)cc1. The van der Waals surface area contributed by atoms with E-state index in [9.17, 15) is 14.4 Å². The summed E-state index contributed by atoms with van der Waals surface area (Å²) in [7, 11) is 2.83. The van der Waals surface area contributed by atoms with Crippen LogP contribution in [-0.4, -0.2) is 44.8 Å². The molecule has 1 atom stereocenters. The summed E-state index contributed by atoms with van der Waals surface area (Å²) < 4.78 is 15.8. The molecule has 3 rings (SSSR count). The van der Waals surface area contributed by atoms with Gasteiger partial charge in [-0.3, -0.25) is 10.1 Å². The molecule has 9 nitrogen and oxygen atoms in total. The van der Waals surface area contributed by atoms with Crippen molar-refractivity contribution < 1.29 is 28.6 Å². The minimum absolute atomic E-state index is 0.0449.